The first-order valence-corrected chi connectivity index (χ1v) is 7.53. The molecule has 1 saturated heterocycles. The van der Waals surface area contributed by atoms with E-state index in [4.69, 9.17) is 0 Å². The van der Waals surface area contributed by atoms with E-state index in [2.05, 4.69) is 15.9 Å². The second kappa shape index (κ2) is 4.75. The average molecular weight is 322 g/mol. The number of hydrogen-bond donors (Lipinski definition) is 0. The molecule has 100 valence electrons. The topological polar surface area (TPSA) is 37.4 Å². The summed E-state index contributed by atoms with van der Waals surface area (Å²) in [5.74, 6) is -0.175. The third-order valence-corrected chi connectivity index (χ3v) is 4.75. The van der Waals surface area contributed by atoms with Crippen LogP contribution in [0, 0.1) is 18.8 Å². The molecule has 1 saturated carbocycles. The molecule has 1 heterocycles. The summed E-state index contributed by atoms with van der Waals surface area (Å²) in [4.78, 5) is 26.4. The maximum absolute atomic E-state index is 12.5. The molecule has 3 rings (SSSR count). The number of hydrogen-bond acceptors (Lipinski definition) is 2. The van der Waals surface area contributed by atoms with Gasteiger partial charge in [-0.25, -0.2) is 4.90 Å². The van der Waals surface area contributed by atoms with Crippen LogP contribution in [0.2, 0.25) is 0 Å². The van der Waals surface area contributed by atoms with E-state index in [1.807, 2.05) is 25.1 Å². The van der Waals surface area contributed by atoms with Crippen LogP contribution in [0.4, 0.5) is 5.69 Å². The van der Waals surface area contributed by atoms with E-state index in [1.165, 1.54) is 4.90 Å². The summed E-state index contributed by atoms with van der Waals surface area (Å²) in [6.45, 7) is 1.93. The fraction of sp³-hybridized carbons (Fsp3) is 0.467. The third kappa shape index (κ3) is 2.02. The van der Waals surface area contributed by atoms with Gasteiger partial charge in [0.2, 0.25) is 11.8 Å². The van der Waals surface area contributed by atoms with E-state index >= 15 is 0 Å². The van der Waals surface area contributed by atoms with Gasteiger partial charge in [0.05, 0.1) is 17.5 Å². The zero-order valence-electron chi connectivity index (χ0n) is 10.9. The first-order valence-electron chi connectivity index (χ1n) is 6.73. The van der Waals surface area contributed by atoms with Gasteiger partial charge in [-0.2, -0.15) is 0 Å². The molecule has 19 heavy (non-hydrogen) atoms. The van der Waals surface area contributed by atoms with Crippen LogP contribution < -0.4 is 4.90 Å². The molecule has 1 aliphatic heterocycles. The third-order valence-electron chi connectivity index (χ3n) is 4.25. The highest BCUT2D eigenvalue weighted by molar-refractivity contribution is 9.10. The van der Waals surface area contributed by atoms with Gasteiger partial charge in [0, 0.05) is 4.47 Å². The van der Waals surface area contributed by atoms with Gasteiger partial charge in [0.25, 0.3) is 0 Å². The van der Waals surface area contributed by atoms with E-state index in [0.717, 1.165) is 41.4 Å². The van der Waals surface area contributed by atoms with Crippen LogP contribution >= 0.6 is 15.9 Å². The van der Waals surface area contributed by atoms with Crippen LogP contribution in [0.5, 0.6) is 0 Å². The molecule has 1 aromatic rings. The lowest BCUT2D eigenvalue weighted by Gasteiger charge is -2.19. The van der Waals surface area contributed by atoms with Gasteiger partial charge in [-0.05, 0) is 37.5 Å². The van der Waals surface area contributed by atoms with Crippen molar-refractivity contribution in [1.82, 2.24) is 0 Å². The molecule has 3 nitrogen and oxygen atoms in total. The number of anilines is 1. The highest BCUT2D eigenvalue weighted by Crippen LogP contribution is 2.41. The average Bonchev–Trinajstić information content (AvgIpc) is 2.66. The van der Waals surface area contributed by atoms with Crippen molar-refractivity contribution in [2.75, 3.05) is 4.90 Å². The molecule has 2 amide bonds. The van der Waals surface area contributed by atoms with Crippen LogP contribution in [-0.4, -0.2) is 11.8 Å². The zero-order chi connectivity index (χ0) is 13.6. The number of rotatable bonds is 1. The molecule has 4 heteroatoms. The Morgan fingerprint density at radius 3 is 2.26 bits per heavy atom. The quantitative estimate of drug-likeness (QED) is 0.743. The summed E-state index contributed by atoms with van der Waals surface area (Å²) >= 11 is 3.41. The number of carbonyl (C=O) groups is 2. The molecule has 0 N–H and O–H groups in total. The Bertz CT molecular complexity index is 531. The number of benzene rings is 1. The molecule has 1 aliphatic carbocycles. The molecule has 2 atom stereocenters. The van der Waals surface area contributed by atoms with E-state index in [1.54, 1.807) is 0 Å². The van der Waals surface area contributed by atoms with Gasteiger partial charge >= 0.3 is 0 Å². The fourth-order valence-electron chi connectivity index (χ4n) is 3.22. The number of imide groups is 1. The van der Waals surface area contributed by atoms with Gasteiger partial charge in [-0.3, -0.25) is 9.59 Å². The Hall–Kier alpha value is -1.16. The zero-order valence-corrected chi connectivity index (χ0v) is 12.4. The van der Waals surface area contributed by atoms with Gasteiger partial charge < -0.3 is 0 Å². The van der Waals surface area contributed by atoms with Gasteiger partial charge in [-0.15, -0.1) is 0 Å². The number of halogens is 1. The van der Waals surface area contributed by atoms with Gasteiger partial charge in [0.15, 0.2) is 0 Å². The van der Waals surface area contributed by atoms with Crippen LogP contribution in [0.1, 0.15) is 31.2 Å². The van der Waals surface area contributed by atoms with E-state index in [9.17, 15) is 9.59 Å². The summed E-state index contributed by atoms with van der Waals surface area (Å²) in [7, 11) is 0. The molecule has 0 bridgehead atoms. The van der Waals surface area contributed by atoms with Crippen LogP contribution in [0.3, 0.4) is 0 Å². The Labute approximate surface area is 121 Å². The highest BCUT2D eigenvalue weighted by atomic mass is 79.9. The Balaban J connectivity index is 2.03. The van der Waals surface area contributed by atoms with Crippen molar-refractivity contribution >= 4 is 33.4 Å². The van der Waals surface area contributed by atoms with Crippen molar-refractivity contribution < 1.29 is 9.59 Å². The van der Waals surface area contributed by atoms with Crippen molar-refractivity contribution in [2.24, 2.45) is 11.8 Å². The first kappa shape index (κ1) is 12.9. The lowest BCUT2D eigenvalue weighted by atomic mass is 9.81. The largest absolute Gasteiger partial charge is 0.274 e. The van der Waals surface area contributed by atoms with Crippen LogP contribution in [0.15, 0.2) is 22.7 Å². The van der Waals surface area contributed by atoms with Gasteiger partial charge in [0.1, 0.15) is 0 Å². The smallest absolute Gasteiger partial charge is 0.237 e. The minimum atomic E-state index is -0.0837. The molecular weight excluding hydrogens is 306 g/mol. The number of fused-ring (bicyclic) bond motifs is 1. The Morgan fingerprint density at radius 1 is 1.11 bits per heavy atom. The molecule has 2 fully saturated rings. The molecule has 2 aliphatic rings. The highest BCUT2D eigenvalue weighted by Gasteiger charge is 2.48. The van der Waals surface area contributed by atoms with E-state index in [-0.39, 0.29) is 23.7 Å². The van der Waals surface area contributed by atoms with Crippen LogP contribution in [0.25, 0.3) is 0 Å². The van der Waals surface area contributed by atoms with Crippen molar-refractivity contribution in [1.29, 1.82) is 0 Å². The monoisotopic (exact) mass is 321 g/mol. The minimum absolute atomic E-state index is 0.00380. The summed E-state index contributed by atoms with van der Waals surface area (Å²) < 4.78 is 0.892. The minimum Gasteiger partial charge on any atom is -0.274 e. The SMILES string of the molecule is Cc1ccc(Br)cc1N1C(=O)[C@@H]2CCCC[C@H]2C1=O. The second-order valence-electron chi connectivity index (χ2n) is 5.44. The predicted molar refractivity (Wildman–Crippen MR) is 76.8 cm³/mol. The molecule has 0 unspecified atom stereocenters. The summed E-state index contributed by atoms with van der Waals surface area (Å²) in [6, 6.07) is 5.72. The van der Waals surface area contributed by atoms with Crippen molar-refractivity contribution in [2.45, 2.75) is 32.6 Å². The standard InChI is InChI=1S/C15H16BrNO2/c1-9-6-7-10(16)8-13(9)17-14(18)11-4-2-3-5-12(11)15(17)19/h6-8,11-12H,2-5H2,1H3/t11-,12-/m1/s1. The maximum atomic E-state index is 12.5. The normalized spacial score (nSPS) is 26.7. The Kier molecular flexibility index (Phi) is 3.21. The molecule has 0 aromatic heterocycles. The maximum Gasteiger partial charge on any atom is 0.237 e. The fourth-order valence-corrected chi connectivity index (χ4v) is 3.57. The number of amides is 2. The first-order chi connectivity index (χ1) is 9.09. The molecule has 0 radical (unpaired) electrons. The van der Waals surface area contributed by atoms with Crippen molar-refractivity contribution in [3.63, 3.8) is 0 Å². The number of carbonyl (C=O) groups excluding carboxylic acids is 2. The molecular formula is C15H16BrNO2. The number of nitrogens with zero attached hydrogens (tertiary/aromatic N) is 1. The van der Waals surface area contributed by atoms with Gasteiger partial charge in [-0.1, -0.05) is 34.8 Å². The van der Waals surface area contributed by atoms with E-state index in [0.29, 0.717) is 0 Å². The summed E-state index contributed by atoms with van der Waals surface area (Å²) in [5.41, 5.74) is 1.70. The molecule has 1 aromatic carbocycles. The lowest BCUT2D eigenvalue weighted by Crippen LogP contribution is -2.31. The lowest BCUT2D eigenvalue weighted by molar-refractivity contribution is -0.122. The predicted octanol–water partition coefficient (Wildman–Crippen LogP) is 3.44. The van der Waals surface area contributed by atoms with Crippen LogP contribution in [-0.2, 0) is 9.59 Å². The van der Waals surface area contributed by atoms with E-state index < -0.39 is 0 Å². The Morgan fingerprint density at radius 2 is 1.68 bits per heavy atom. The van der Waals surface area contributed by atoms with Crippen molar-refractivity contribution in [3.05, 3.63) is 28.2 Å². The summed E-state index contributed by atoms with van der Waals surface area (Å²) in [6.07, 6.45) is 3.84. The number of aryl methyl sites for hydroxylation is 1. The summed E-state index contributed by atoms with van der Waals surface area (Å²) in [5, 5.41) is 0. The second-order valence-corrected chi connectivity index (χ2v) is 6.36. The molecule has 0 spiro atoms. The van der Waals surface area contributed by atoms with Crippen molar-refractivity contribution in [3.8, 4) is 0 Å².